The highest BCUT2D eigenvalue weighted by atomic mass is 19.3. The van der Waals surface area contributed by atoms with Crippen molar-refractivity contribution in [1.82, 2.24) is 0 Å². The van der Waals surface area contributed by atoms with Gasteiger partial charge < -0.3 is 9.47 Å². The van der Waals surface area contributed by atoms with Gasteiger partial charge in [-0.05, 0) is 68.1 Å². The zero-order valence-corrected chi connectivity index (χ0v) is 18.0. The standard InChI is InChI=1S/C23H34F2O4/c1-13(26)28-15-7-9-21(3)18-8-10-22(4)17(5-6-20(22)29-14(2)27)16(18)12-23(24,25)19(21)11-15/h15-20H,5-12H2,1-4H3/t15-,16+,17+,18+,19+,20+,21-,22+/m1/s1. The van der Waals surface area contributed by atoms with Crippen molar-refractivity contribution in [3.05, 3.63) is 0 Å². The van der Waals surface area contributed by atoms with Crippen LogP contribution in [0.5, 0.6) is 0 Å². The predicted octanol–water partition coefficient (Wildman–Crippen LogP) is 5.14. The summed E-state index contributed by atoms with van der Waals surface area (Å²) in [6, 6.07) is 0. The number of hydrogen-bond donors (Lipinski definition) is 0. The molecule has 0 aromatic carbocycles. The molecule has 0 heterocycles. The van der Waals surface area contributed by atoms with Gasteiger partial charge >= 0.3 is 11.9 Å². The Morgan fingerprint density at radius 1 is 0.862 bits per heavy atom. The van der Waals surface area contributed by atoms with Crippen molar-refractivity contribution < 1.29 is 27.8 Å². The van der Waals surface area contributed by atoms with E-state index >= 15 is 8.78 Å². The highest BCUT2D eigenvalue weighted by Gasteiger charge is 2.67. The van der Waals surface area contributed by atoms with Gasteiger partial charge in [-0.25, -0.2) is 8.78 Å². The zero-order valence-electron chi connectivity index (χ0n) is 18.0. The molecule has 0 spiro atoms. The highest BCUT2D eigenvalue weighted by molar-refractivity contribution is 5.66. The van der Waals surface area contributed by atoms with Crippen LogP contribution < -0.4 is 0 Å². The van der Waals surface area contributed by atoms with Crippen molar-refractivity contribution in [3.8, 4) is 0 Å². The molecule has 29 heavy (non-hydrogen) atoms. The molecule has 4 fully saturated rings. The molecule has 0 aliphatic heterocycles. The van der Waals surface area contributed by atoms with Crippen LogP contribution in [0.1, 0.15) is 79.1 Å². The monoisotopic (exact) mass is 412 g/mol. The Kier molecular flexibility index (Phi) is 5.02. The van der Waals surface area contributed by atoms with Crippen molar-refractivity contribution in [2.24, 2.45) is 34.5 Å². The number of fused-ring (bicyclic) bond motifs is 5. The van der Waals surface area contributed by atoms with Crippen LogP contribution in [0.15, 0.2) is 0 Å². The molecule has 4 saturated carbocycles. The lowest BCUT2D eigenvalue weighted by atomic mass is 9.44. The molecule has 0 aromatic rings. The molecule has 0 amide bonds. The first-order chi connectivity index (χ1) is 13.5. The van der Waals surface area contributed by atoms with E-state index in [9.17, 15) is 9.59 Å². The van der Waals surface area contributed by atoms with Crippen molar-refractivity contribution in [3.63, 3.8) is 0 Å². The molecule has 0 unspecified atom stereocenters. The second-order valence-electron chi connectivity index (χ2n) is 10.6. The highest BCUT2D eigenvalue weighted by Crippen LogP contribution is 2.69. The maximum absolute atomic E-state index is 15.5. The smallest absolute Gasteiger partial charge is 0.302 e. The lowest BCUT2D eigenvalue weighted by Gasteiger charge is -2.62. The topological polar surface area (TPSA) is 52.6 Å². The van der Waals surface area contributed by atoms with Crippen LogP contribution in [0.4, 0.5) is 8.78 Å². The van der Waals surface area contributed by atoms with Gasteiger partial charge in [0.05, 0.1) is 0 Å². The molecule has 4 aliphatic rings. The molecule has 4 nitrogen and oxygen atoms in total. The summed E-state index contributed by atoms with van der Waals surface area (Å²) in [5, 5.41) is 0. The van der Waals surface area contributed by atoms with Crippen molar-refractivity contribution >= 4 is 11.9 Å². The Balaban J connectivity index is 1.60. The molecule has 8 atom stereocenters. The van der Waals surface area contributed by atoms with E-state index in [1.54, 1.807) is 0 Å². The number of carbonyl (C=O) groups excluding carboxylic acids is 2. The van der Waals surface area contributed by atoms with Gasteiger partial charge in [0.15, 0.2) is 0 Å². The largest absolute Gasteiger partial charge is 0.463 e. The molecule has 0 aromatic heterocycles. The van der Waals surface area contributed by atoms with Gasteiger partial charge in [-0.15, -0.1) is 0 Å². The van der Waals surface area contributed by atoms with Crippen molar-refractivity contribution in [2.75, 3.05) is 0 Å². The van der Waals surface area contributed by atoms with E-state index in [1.807, 2.05) is 0 Å². The van der Waals surface area contributed by atoms with E-state index in [-0.39, 0.29) is 60.2 Å². The summed E-state index contributed by atoms with van der Waals surface area (Å²) in [4.78, 5) is 22.9. The number of carbonyl (C=O) groups is 2. The number of alkyl halides is 2. The Morgan fingerprint density at radius 3 is 2.14 bits per heavy atom. The lowest BCUT2D eigenvalue weighted by molar-refractivity contribution is -0.239. The Bertz CT molecular complexity index is 694. The number of rotatable bonds is 2. The molecule has 4 aliphatic carbocycles. The number of halogens is 2. The van der Waals surface area contributed by atoms with E-state index in [0.29, 0.717) is 12.8 Å². The third-order valence-electron chi connectivity index (χ3n) is 9.16. The summed E-state index contributed by atoms with van der Waals surface area (Å²) in [6.45, 7) is 7.00. The average molecular weight is 413 g/mol. The minimum Gasteiger partial charge on any atom is -0.463 e. The summed E-state index contributed by atoms with van der Waals surface area (Å²) in [7, 11) is 0. The van der Waals surface area contributed by atoms with Crippen LogP contribution in [-0.2, 0) is 19.1 Å². The zero-order chi connectivity index (χ0) is 21.2. The maximum Gasteiger partial charge on any atom is 0.302 e. The summed E-state index contributed by atoms with van der Waals surface area (Å²) in [5.74, 6) is -3.73. The molecule has 4 rings (SSSR count). The number of esters is 2. The molecule has 0 bridgehead atoms. The second-order valence-corrected chi connectivity index (χ2v) is 10.6. The fraction of sp³-hybridized carbons (Fsp3) is 0.913. The van der Waals surface area contributed by atoms with Gasteiger partial charge in [0.25, 0.3) is 5.92 Å². The average Bonchev–Trinajstić information content (AvgIpc) is 2.92. The first-order valence-corrected chi connectivity index (χ1v) is 11.2. The van der Waals surface area contributed by atoms with Crippen LogP contribution in [0.3, 0.4) is 0 Å². The quantitative estimate of drug-likeness (QED) is 0.590. The molecule has 164 valence electrons. The summed E-state index contributed by atoms with van der Waals surface area (Å²) in [6.07, 6.45) is 4.49. The third kappa shape index (κ3) is 3.29. The second kappa shape index (κ2) is 6.91. The maximum atomic E-state index is 15.5. The molecule has 6 heteroatoms. The van der Waals surface area contributed by atoms with Gasteiger partial charge in [0.2, 0.25) is 0 Å². The van der Waals surface area contributed by atoms with E-state index in [2.05, 4.69) is 13.8 Å². The minimum atomic E-state index is -2.76. The fourth-order valence-electron chi connectivity index (χ4n) is 7.93. The van der Waals surface area contributed by atoms with Crippen molar-refractivity contribution in [1.29, 1.82) is 0 Å². The van der Waals surface area contributed by atoms with Gasteiger partial charge in [-0.2, -0.15) is 0 Å². The summed E-state index contributed by atoms with van der Waals surface area (Å²) < 4.78 is 42.0. The van der Waals surface area contributed by atoms with Gasteiger partial charge in [-0.1, -0.05) is 13.8 Å². The number of ether oxygens (including phenoxy) is 2. The Morgan fingerprint density at radius 2 is 1.48 bits per heavy atom. The van der Waals surface area contributed by atoms with Crippen LogP contribution in [0.25, 0.3) is 0 Å². The van der Waals surface area contributed by atoms with E-state index < -0.39 is 17.3 Å². The minimum absolute atomic E-state index is 0.0316. The SMILES string of the molecule is CC(=O)O[C@@H]1CC[C@@]2(C)[C@H](C1)C(F)(F)C[C@@H]1[C@@H]2CC[C@]2(C)[C@@H](OC(C)=O)CC[C@@H]12. The summed E-state index contributed by atoms with van der Waals surface area (Å²) in [5.41, 5.74) is -0.620. The van der Waals surface area contributed by atoms with Crippen LogP contribution in [0.2, 0.25) is 0 Å². The molecule has 0 saturated heterocycles. The lowest BCUT2D eigenvalue weighted by Crippen LogP contribution is -2.61. The molecular formula is C23H34F2O4. The summed E-state index contributed by atoms with van der Waals surface area (Å²) >= 11 is 0. The third-order valence-corrected chi connectivity index (χ3v) is 9.16. The van der Waals surface area contributed by atoms with Crippen LogP contribution in [0, 0.1) is 34.5 Å². The fourth-order valence-corrected chi connectivity index (χ4v) is 7.93. The van der Waals surface area contributed by atoms with Crippen molar-refractivity contribution in [2.45, 2.75) is 97.2 Å². The first-order valence-electron chi connectivity index (χ1n) is 11.2. The molecule has 0 radical (unpaired) electrons. The predicted molar refractivity (Wildman–Crippen MR) is 103 cm³/mol. The van der Waals surface area contributed by atoms with E-state index in [0.717, 1.165) is 25.7 Å². The van der Waals surface area contributed by atoms with E-state index in [1.165, 1.54) is 13.8 Å². The molecule has 0 N–H and O–H groups in total. The molecular weight excluding hydrogens is 378 g/mol. The van der Waals surface area contributed by atoms with E-state index in [4.69, 9.17) is 9.47 Å². The Labute approximate surface area is 172 Å². The van der Waals surface area contributed by atoms with Crippen LogP contribution >= 0.6 is 0 Å². The van der Waals surface area contributed by atoms with Crippen LogP contribution in [-0.4, -0.2) is 30.1 Å². The normalized spacial score (nSPS) is 48.1. The number of hydrogen-bond acceptors (Lipinski definition) is 4. The van der Waals surface area contributed by atoms with Gasteiger partial charge in [0.1, 0.15) is 12.2 Å². The van der Waals surface area contributed by atoms with Gasteiger partial charge in [0, 0.05) is 31.6 Å². The van der Waals surface area contributed by atoms with Gasteiger partial charge in [-0.3, -0.25) is 9.59 Å². The Hall–Kier alpha value is -1.20. The first kappa shape index (κ1) is 21.0.